The van der Waals surface area contributed by atoms with Gasteiger partial charge in [-0.15, -0.1) is 0 Å². The number of aryl methyl sites for hydroxylation is 1. The molecule has 0 aliphatic heterocycles. The van der Waals surface area contributed by atoms with E-state index in [4.69, 9.17) is 4.74 Å². The molecule has 0 saturated carbocycles. The molecular formula is C14H17NO. The molecule has 0 saturated heterocycles. The third-order valence-corrected chi connectivity index (χ3v) is 2.57. The van der Waals surface area contributed by atoms with Crippen LogP contribution >= 0.6 is 0 Å². The van der Waals surface area contributed by atoms with E-state index >= 15 is 0 Å². The number of ether oxygens (including phenoxy) is 1. The van der Waals surface area contributed by atoms with Gasteiger partial charge < -0.3 is 4.74 Å². The van der Waals surface area contributed by atoms with Crippen molar-refractivity contribution in [2.24, 2.45) is 0 Å². The second kappa shape index (κ2) is 4.97. The first-order chi connectivity index (χ1) is 7.85. The number of aromatic nitrogens is 1. The summed E-state index contributed by atoms with van der Waals surface area (Å²) in [5.41, 5.74) is 1.14. The minimum absolute atomic E-state index is 0.664. The average molecular weight is 215 g/mol. The third kappa shape index (κ3) is 2.16. The monoisotopic (exact) mass is 215 g/mol. The van der Waals surface area contributed by atoms with Crippen molar-refractivity contribution >= 4 is 10.8 Å². The van der Waals surface area contributed by atoms with Gasteiger partial charge in [0.1, 0.15) is 0 Å². The van der Waals surface area contributed by atoms with E-state index in [1.807, 2.05) is 19.1 Å². The molecule has 0 amide bonds. The summed E-state index contributed by atoms with van der Waals surface area (Å²) < 4.78 is 5.49. The first kappa shape index (κ1) is 10.9. The minimum atomic E-state index is 0.664. The van der Waals surface area contributed by atoms with Gasteiger partial charge in [-0.3, -0.25) is 0 Å². The molecule has 16 heavy (non-hydrogen) atoms. The smallest absolute Gasteiger partial charge is 0.214 e. The van der Waals surface area contributed by atoms with Crippen molar-refractivity contribution in [3.63, 3.8) is 0 Å². The van der Waals surface area contributed by atoms with Crippen LogP contribution in [0.3, 0.4) is 0 Å². The maximum Gasteiger partial charge on any atom is 0.214 e. The lowest BCUT2D eigenvalue weighted by Gasteiger charge is -2.08. The van der Waals surface area contributed by atoms with Crippen LogP contribution in [0.25, 0.3) is 10.8 Å². The van der Waals surface area contributed by atoms with Crippen LogP contribution in [0.2, 0.25) is 0 Å². The van der Waals surface area contributed by atoms with Crippen molar-refractivity contribution in [2.75, 3.05) is 6.61 Å². The molecule has 2 aromatic rings. The molecule has 0 aliphatic rings. The first-order valence-electron chi connectivity index (χ1n) is 5.86. The van der Waals surface area contributed by atoms with Crippen LogP contribution in [0.1, 0.15) is 26.0 Å². The van der Waals surface area contributed by atoms with E-state index < -0.39 is 0 Å². The lowest BCUT2D eigenvalue weighted by Crippen LogP contribution is -1.98. The lowest BCUT2D eigenvalue weighted by molar-refractivity contribution is 0.326. The number of rotatable bonds is 4. The molecule has 0 spiro atoms. The maximum atomic E-state index is 5.49. The highest BCUT2D eigenvalue weighted by molar-refractivity contribution is 5.85. The van der Waals surface area contributed by atoms with Crippen LogP contribution in [0.4, 0.5) is 0 Å². The van der Waals surface area contributed by atoms with Crippen molar-refractivity contribution in [2.45, 2.75) is 26.7 Å². The minimum Gasteiger partial charge on any atom is -0.478 e. The van der Waals surface area contributed by atoms with Gasteiger partial charge in [0.2, 0.25) is 5.88 Å². The van der Waals surface area contributed by atoms with E-state index in [0.29, 0.717) is 6.61 Å². The van der Waals surface area contributed by atoms with Gasteiger partial charge in [-0.05, 0) is 18.7 Å². The highest BCUT2D eigenvalue weighted by Crippen LogP contribution is 2.23. The Morgan fingerprint density at radius 1 is 1.19 bits per heavy atom. The molecule has 2 nitrogen and oxygen atoms in total. The van der Waals surface area contributed by atoms with Crippen LogP contribution in [0.5, 0.6) is 5.88 Å². The fourth-order valence-electron chi connectivity index (χ4n) is 1.89. The molecular weight excluding hydrogens is 198 g/mol. The Labute approximate surface area is 96.3 Å². The number of hydrogen-bond donors (Lipinski definition) is 0. The summed E-state index contributed by atoms with van der Waals surface area (Å²) in [7, 11) is 0. The Balaban J connectivity index is 2.54. The molecule has 0 fully saturated rings. The van der Waals surface area contributed by atoms with E-state index in [1.165, 1.54) is 10.8 Å². The van der Waals surface area contributed by atoms with E-state index in [2.05, 4.69) is 30.1 Å². The maximum absolute atomic E-state index is 5.49. The summed E-state index contributed by atoms with van der Waals surface area (Å²) in [6.45, 7) is 4.82. The van der Waals surface area contributed by atoms with Gasteiger partial charge in [0, 0.05) is 11.5 Å². The van der Waals surface area contributed by atoms with Crippen molar-refractivity contribution in [1.82, 2.24) is 4.98 Å². The summed E-state index contributed by atoms with van der Waals surface area (Å²) in [5, 5.41) is 2.46. The number of benzene rings is 1. The molecule has 0 unspecified atom stereocenters. The fraction of sp³-hybridized carbons (Fsp3) is 0.357. The predicted octanol–water partition coefficient (Wildman–Crippen LogP) is 3.59. The Hall–Kier alpha value is -1.57. The quantitative estimate of drug-likeness (QED) is 0.777. The first-order valence-corrected chi connectivity index (χ1v) is 5.86. The Morgan fingerprint density at radius 3 is 2.75 bits per heavy atom. The molecule has 84 valence electrons. The van der Waals surface area contributed by atoms with Crippen molar-refractivity contribution in [1.29, 1.82) is 0 Å². The van der Waals surface area contributed by atoms with Gasteiger partial charge in [0.15, 0.2) is 0 Å². The van der Waals surface area contributed by atoms with Crippen molar-refractivity contribution in [3.8, 4) is 5.88 Å². The molecule has 1 aromatic heterocycles. The number of hydrogen-bond acceptors (Lipinski definition) is 2. The average Bonchev–Trinajstić information content (AvgIpc) is 2.30. The zero-order valence-corrected chi connectivity index (χ0v) is 9.86. The zero-order valence-electron chi connectivity index (χ0n) is 9.86. The van der Waals surface area contributed by atoms with Gasteiger partial charge >= 0.3 is 0 Å². The van der Waals surface area contributed by atoms with Crippen molar-refractivity contribution in [3.05, 3.63) is 36.0 Å². The standard InChI is InChI=1S/C14H17NO/c1-3-7-13-12-9-6-5-8-11(12)10-14(15-13)16-4-2/h5-6,8-10H,3-4,7H2,1-2H3. The molecule has 0 aliphatic carbocycles. The lowest BCUT2D eigenvalue weighted by atomic mass is 10.1. The SMILES string of the molecule is CCCc1nc(OCC)cc2ccccc12. The summed E-state index contributed by atoms with van der Waals surface area (Å²) in [6, 6.07) is 10.4. The van der Waals surface area contributed by atoms with Gasteiger partial charge in [-0.25, -0.2) is 4.98 Å². The van der Waals surface area contributed by atoms with Crippen LogP contribution < -0.4 is 4.74 Å². The molecule has 2 heteroatoms. The Bertz CT molecular complexity index is 479. The molecule has 0 radical (unpaired) electrons. The summed E-state index contributed by atoms with van der Waals surface area (Å²) in [5.74, 6) is 0.740. The molecule has 1 heterocycles. The largest absolute Gasteiger partial charge is 0.478 e. The van der Waals surface area contributed by atoms with Crippen molar-refractivity contribution < 1.29 is 4.74 Å². The third-order valence-electron chi connectivity index (χ3n) is 2.57. The number of pyridine rings is 1. The van der Waals surface area contributed by atoms with Gasteiger partial charge in [-0.2, -0.15) is 0 Å². The highest BCUT2D eigenvalue weighted by Gasteiger charge is 2.05. The van der Waals surface area contributed by atoms with E-state index in [0.717, 1.165) is 24.4 Å². The molecule has 1 aromatic carbocycles. The van der Waals surface area contributed by atoms with E-state index in [1.54, 1.807) is 0 Å². The Morgan fingerprint density at radius 2 is 2.00 bits per heavy atom. The van der Waals surface area contributed by atoms with Crippen LogP contribution in [0, 0.1) is 0 Å². The molecule has 0 atom stereocenters. The molecule has 0 bridgehead atoms. The summed E-state index contributed by atoms with van der Waals surface area (Å²) in [6.07, 6.45) is 2.11. The van der Waals surface area contributed by atoms with Gasteiger partial charge in [-0.1, -0.05) is 37.6 Å². The second-order valence-electron chi connectivity index (χ2n) is 3.81. The number of nitrogens with zero attached hydrogens (tertiary/aromatic N) is 1. The highest BCUT2D eigenvalue weighted by atomic mass is 16.5. The number of fused-ring (bicyclic) bond motifs is 1. The summed E-state index contributed by atoms with van der Waals surface area (Å²) >= 11 is 0. The van der Waals surface area contributed by atoms with Gasteiger partial charge in [0.05, 0.1) is 12.3 Å². The van der Waals surface area contributed by atoms with Gasteiger partial charge in [0.25, 0.3) is 0 Å². The van der Waals surface area contributed by atoms with Crippen LogP contribution in [-0.2, 0) is 6.42 Å². The summed E-state index contributed by atoms with van der Waals surface area (Å²) in [4.78, 5) is 4.56. The van der Waals surface area contributed by atoms with E-state index in [9.17, 15) is 0 Å². The fourth-order valence-corrected chi connectivity index (χ4v) is 1.89. The normalized spacial score (nSPS) is 10.6. The van der Waals surface area contributed by atoms with Crippen LogP contribution in [0.15, 0.2) is 30.3 Å². The predicted molar refractivity (Wildman–Crippen MR) is 66.9 cm³/mol. The second-order valence-corrected chi connectivity index (χ2v) is 3.81. The van der Waals surface area contributed by atoms with E-state index in [-0.39, 0.29) is 0 Å². The zero-order chi connectivity index (χ0) is 11.4. The van der Waals surface area contributed by atoms with Crippen LogP contribution in [-0.4, -0.2) is 11.6 Å². The molecule has 2 rings (SSSR count). The molecule has 0 N–H and O–H groups in total. The Kier molecular flexibility index (Phi) is 3.40. The topological polar surface area (TPSA) is 22.1 Å².